The van der Waals surface area contributed by atoms with Gasteiger partial charge in [0.15, 0.2) is 16.1 Å². The highest BCUT2D eigenvalue weighted by Gasteiger charge is 2.24. The highest BCUT2D eigenvalue weighted by molar-refractivity contribution is 7.99. The molecule has 0 aliphatic carbocycles. The fourth-order valence-corrected chi connectivity index (χ4v) is 9.96. The Bertz CT molecular complexity index is 3880. The number of rotatable bonds is 44. The number of aromatic nitrogens is 18. The van der Waals surface area contributed by atoms with Gasteiger partial charge < -0.3 is 91.6 Å². The van der Waals surface area contributed by atoms with Gasteiger partial charge in [-0.25, -0.2) is 9.97 Å². The molecule has 6 aromatic heterocycles. The third-order valence-corrected chi connectivity index (χ3v) is 14.8. The Morgan fingerprint density at radius 2 is 0.889 bits per heavy atom. The SMILES string of the molecule is CCSc1nc(NCCNC(=O)C(C)CC(=O)CNC(=O)C(Cc2ccccc2)NC(=O)CCNc2nc(C)nc(NCCNc3nc(N)nc(NCCNc4ncnc(N)n4)n3)n2)nc(NCCNc2nc(NCCNc3nc(N)nc(NCCS)n3)nc(Sc3ccccc3)n2)n1. The molecule has 0 saturated heterocycles. The Morgan fingerprint density at radius 1 is 0.465 bits per heavy atom. The highest BCUT2D eigenvalue weighted by atomic mass is 32.2. The van der Waals surface area contributed by atoms with Gasteiger partial charge in [-0.15, -0.1) is 0 Å². The van der Waals surface area contributed by atoms with Crippen LogP contribution in [0.5, 0.6) is 0 Å². The number of anilines is 14. The minimum absolute atomic E-state index is 0.0131. The van der Waals surface area contributed by atoms with Crippen LogP contribution in [0.3, 0.4) is 0 Å². The molecule has 3 amide bonds. The Balaban J connectivity index is 0.732. The molecule has 42 heteroatoms. The van der Waals surface area contributed by atoms with Gasteiger partial charge in [-0.1, -0.05) is 74.1 Å². The Kier molecular flexibility index (Phi) is 29.6. The lowest BCUT2D eigenvalue weighted by atomic mass is 10.0. The average Bonchev–Trinajstić information content (AvgIpc) is 1.02. The van der Waals surface area contributed by atoms with E-state index in [0.29, 0.717) is 128 Å². The van der Waals surface area contributed by atoms with Crippen LogP contribution in [-0.4, -0.2) is 216 Å². The molecular weight excluding hydrogens is 1340 g/mol. The van der Waals surface area contributed by atoms with Crippen molar-refractivity contribution in [3.63, 3.8) is 0 Å². The Labute approximate surface area is 582 Å². The molecule has 524 valence electrons. The van der Waals surface area contributed by atoms with Crippen LogP contribution in [-0.2, 0) is 25.6 Å². The number of ketones is 1. The van der Waals surface area contributed by atoms with E-state index >= 15 is 0 Å². The molecule has 0 bridgehead atoms. The van der Waals surface area contributed by atoms with E-state index < -0.39 is 23.8 Å². The first-order valence-corrected chi connectivity index (χ1v) is 33.8. The van der Waals surface area contributed by atoms with Crippen LogP contribution in [0.15, 0.2) is 82.2 Å². The summed E-state index contributed by atoms with van der Waals surface area (Å²) in [6.07, 6.45) is 1.26. The smallest absolute Gasteiger partial charge is 0.243 e. The number of amides is 3. The molecule has 0 spiro atoms. The van der Waals surface area contributed by atoms with Gasteiger partial charge in [0, 0.05) is 114 Å². The summed E-state index contributed by atoms with van der Waals surface area (Å²) in [5.74, 6) is 2.75. The maximum absolute atomic E-state index is 13.7. The Hall–Kier alpha value is -11.2. The molecule has 20 N–H and O–H groups in total. The topological polar surface area (TPSA) is 547 Å². The van der Waals surface area contributed by atoms with Crippen LogP contribution in [0.4, 0.5) is 83.3 Å². The van der Waals surface area contributed by atoms with E-state index in [9.17, 15) is 19.2 Å². The van der Waals surface area contributed by atoms with Crippen molar-refractivity contribution in [3.05, 3.63) is 78.4 Å². The van der Waals surface area contributed by atoms with E-state index in [0.717, 1.165) is 10.5 Å². The van der Waals surface area contributed by atoms with Crippen molar-refractivity contribution in [1.82, 2.24) is 106 Å². The van der Waals surface area contributed by atoms with Crippen molar-refractivity contribution >= 4 is 143 Å². The van der Waals surface area contributed by atoms with E-state index in [1.165, 1.54) is 29.9 Å². The van der Waals surface area contributed by atoms with E-state index in [-0.39, 0.29) is 98.8 Å². The lowest BCUT2D eigenvalue weighted by molar-refractivity contribution is -0.131. The summed E-state index contributed by atoms with van der Waals surface area (Å²) in [4.78, 5) is 132. The first kappa shape index (κ1) is 73.6. The summed E-state index contributed by atoms with van der Waals surface area (Å²) >= 11 is 7.04. The second-order valence-corrected chi connectivity index (χ2v) is 23.6. The summed E-state index contributed by atoms with van der Waals surface area (Å²) in [6.45, 7) is 9.17. The number of thiol groups is 1. The zero-order valence-corrected chi connectivity index (χ0v) is 56.9. The van der Waals surface area contributed by atoms with Crippen molar-refractivity contribution in [3.8, 4) is 0 Å². The van der Waals surface area contributed by atoms with E-state index in [2.05, 4.69) is 177 Å². The molecular formula is C57H79N35O4S3. The number of aryl methyl sites for hydroxylation is 1. The van der Waals surface area contributed by atoms with Gasteiger partial charge in [0.2, 0.25) is 101 Å². The number of thioether (sulfide) groups is 1. The highest BCUT2D eigenvalue weighted by Crippen LogP contribution is 2.26. The van der Waals surface area contributed by atoms with Gasteiger partial charge in [0.05, 0.1) is 6.54 Å². The van der Waals surface area contributed by atoms with Crippen LogP contribution >= 0.6 is 36.2 Å². The molecule has 6 heterocycles. The Morgan fingerprint density at radius 3 is 1.37 bits per heavy atom. The van der Waals surface area contributed by atoms with Gasteiger partial charge in [0.1, 0.15) is 18.2 Å². The van der Waals surface area contributed by atoms with Crippen LogP contribution in [0.25, 0.3) is 0 Å². The van der Waals surface area contributed by atoms with Crippen LogP contribution in [0.1, 0.15) is 38.1 Å². The fraction of sp³-hybridized carbons (Fsp3) is 0.404. The fourth-order valence-electron chi connectivity index (χ4n) is 8.52. The third kappa shape index (κ3) is 27.1. The van der Waals surface area contributed by atoms with Gasteiger partial charge in [-0.2, -0.15) is 92.4 Å². The molecule has 8 rings (SSSR count). The quantitative estimate of drug-likeness (QED) is 0.0144. The molecule has 0 saturated carbocycles. The van der Waals surface area contributed by atoms with Crippen molar-refractivity contribution in [2.24, 2.45) is 5.92 Å². The van der Waals surface area contributed by atoms with Gasteiger partial charge in [-0.3, -0.25) is 19.2 Å². The number of nitrogens with two attached hydrogens (primary N) is 3. The second-order valence-electron chi connectivity index (χ2n) is 20.9. The number of Topliss-reactive ketones (excluding diaryl/α,β-unsaturated/α-hetero) is 1. The molecule has 99 heavy (non-hydrogen) atoms. The molecule has 8 aromatic rings. The predicted molar refractivity (Wildman–Crippen MR) is 383 cm³/mol. The van der Waals surface area contributed by atoms with Crippen molar-refractivity contribution in [2.45, 2.75) is 61.3 Å². The zero-order chi connectivity index (χ0) is 70.0. The van der Waals surface area contributed by atoms with Crippen molar-refractivity contribution in [1.29, 1.82) is 0 Å². The van der Waals surface area contributed by atoms with Crippen LogP contribution in [0, 0.1) is 12.8 Å². The molecule has 39 nitrogen and oxygen atoms in total. The number of benzene rings is 2. The number of hydrogen-bond acceptors (Lipinski definition) is 39. The third-order valence-electron chi connectivity index (χ3n) is 13.0. The minimum Gasteiger partial charge on any atom is -0.368 e. The minimum atomic E-state index is -1.02. The van der Waals surface area contributed by atoms with Gasteiger partial charge in [0.25, 0.3) is 0 Å². The second kappa shape index (κ2) is 39.8. The number of nitrogens with zero attached hydrogens (tertiary/aromatic N) is 18. The monoisotopic (exact) mass is 1410 g/mol. The number of nitrogens with one attached hydrogen (secondary N) is 14. The normalized spacial score (nSPS) is 11.4. The van der Waals surface area contributed by atoms with Crippen LogP contribution in [0.2, 0.25) is 0 Å². The van der Waals surface area contributed by atoms with E-state index in [1.54, 1.807) is 13.8 Å². The number of hydrogen-bond donors (Lipinski definition) is 18. The summed E-state index contributed by atoms with van der Waals surface area (Å²) < 4.78 is 0. The molecule has 0 aliphatic rings. The van der Waals surface area contributed by atoms with Gasteiger partial charge in [-0.05, 0) is 42.1 Å². The summed E-state index contributed by atoms with van der Waals surface area (Å²) in [7, 11) is 0. The van der Waals surface area contributed by atoms with Crippen molar-refractivity contribution < 1.29 is 19.2 Å². The molecule has 0 fully saturated rings. The number of nitrogen functional groups attached to an aromatic ring is 3. The lowest BCUT2D eigenvalue weighted by Gasteiger charge is -2.19. The molecule has 2 atom stereocenters. The van der Waals surface area contributed by atoms with Crippen LogP contribution < -0.4 is 91.6 Å². The maximum atomic E-state index is 13.7. The van der Waals surface area contributed by atoms with E-state index in [1.807, 2.05) is 67.6 Å². The van der Waals surface area contributed by atoms with E-state index in [4.69, 9.17) is 17.2 Å². The zero-order valence-electron chi connectivity index (χ0n) is 54.4. The first-order chi connectivity index (χ1) is 48.1. The van der Waals surface area contributed by atoms with Crippen molar-refractivity contribution in [2.75, 3.05) is 172 Å². The molecule has 0 aliphatic heterocycles. The first-order valence-electron chi connectivity index (χ1n) is 31.3. The average molecular weight is 1410 g/mol. The molecule has 0 radical (unpaired) electrons. The summed E-state index contributed by atoms with van der Waals surface area (Å²) in [5, 5.41) is 43.6. The number of carbonyl (C=O) groups is 4. The predicted octanol–water partition coefficient (Wildman–Crippen LogP) is 1.02. The molecule has 2 unspecified atom stereocenters. The number of carbonyl (C=O) groups excluding carboxylic acids is 4. The maximum Gasteiger partial charge on any atom is 0.243 e. The summed E-state index contributed by atoms with van der Waals surface area (Å²) in [6, 6.07) is 17.9. The lowest BCUT2D eigenvalue weighted by Crippen LogP contribution is -2.49. The largest absolute Gasteiger partial charge is 0.368 e. The summed E-state index contributed by atoms with van der Waals surface area (Å²) in [5.41, 5.74) is 18.2. The van der Waals surface area contributed by atoms with Gasteiger partial charge >= 0.3 is 0 Å². The molecule has 2 aromatic carbocycles. The standard InChI is InChI=1S/C57H79N35O4S3/c1-4-98-56-89-52(87-53(90-56)69-25-26-71-55-88-54(91-57(92-55)99-37-13-9-6-10-14-37)70-24-23-67-50-82-44(60)83-51(86-50)72-27-28-97)68-18-17-61-40(95)33(2)29-36(93)31-73-41(96)38(30-35-11-7-5-8-12-35)78-39(94)15-16-62-46-76-34(3)77-47(84-46)64-21-22-66-49-81-43(59)80-48(85-49)65-20-19-63-45-75-32-74-42(58)79-45/h5-14,32-33,38,97H,4,15-31H2,1-3H3,(H,61,95)(H,73,96)(H,78,94)(H3,58,63,74,75,79)(H2,62,64,76,77,84)(H2,68,69,87,89,90)(H2,70,71,88,91,92)(H4,59,65,66,80,81,85)(H4,60,67,72,82,83,86).